The fourth-order valence-corrected chi connectivity index (χ4v) is 3.40. The number of unbranched alkanes of at least 4 members (excludes halogenated alkanes) is 1. The van der Waals surface area contributed by atoms with Gasteiger partial charge in [-0.25, -0.2) is 4.98 Å². The quantitative estimate of drug-likeness (QED) is 0.603. The Morgan fingerprint density at radius 1 is 1.17 bits per heavy atom. The molecule has 0 amide bonds. The minimum absolute atomic E-state index is 0.0439. The molecule has 0 aliphatic carbocycles. The molecule has 1 N–H and O–H groups in total. The van der Waals surface area contributed by atoms with Crippen molar-refractivity contribution in [3.05, 3.63) is 68.5 Å². The standard InChI is InChI=1S/C18H17BrClN3O/c19-14-11-13-6-7-16(22-18(13)15(20)12-14)21-8-2-4-10-23-9-3-1-5-17(23)24/h1,3,5-7,9,11-12H,2,4,8,10H2,(H,21,22). The van der Waals surface area contributed by atoms with Crippen LogP contribution in [0.1, 0.15) is 12.8 Å². The Labute approximate surface area is 153 Å². The van der Waals surface area contributed by atoms with E-state index in [0.29, 0.717) is 5.02 Å². The van der Waals surface area contributed by atoms with Gasteiger partial charge in [-0.2, -0.15) is 0 Å². The van der Waals surface area contributed by atoms with Crippen molar-refractivity contribution in [3.8, 4) is 0 Å². The van der Waals surface area contributed by atoms with Crippen LogP contribution >= 0.6 is 27.5 Å². The van der Waals surface area contributed by atoms with E-state index >= 15 is 0 Å². The number of benzene rings is 1. The molecule has 0 unspecified atom stereocenters. The molecule has 0 spiro atoms. The van der Waals surface area contributed by atoms with Crippen LogP contribution in [0.5, 0.6) is 0 Å². The second-order valence-electron chi connectivity index (χ2n) is 5.52. The third-order valence-corrected chi connectivity index (χ3v) is 4.49. The Morgan fingerprint density at radius 3 is 2.88 bits per heavy atom. The van der Waals surface area contributed by atoms with E-state index in [1.165, 1.54) is 0 Å². The molecule has 0 bridgehead atoms. The van der Waals surface area contributed by atoms with Crippen molar-refractivity contribution < 1.29 is 0 Å². The zero-order valence-corrected chi connectivity index (χ0v) is 15.3. The summed E-state index contributed by atoms with van der Waals surface area (Å²) in [7, 11) is 0. The van der Waals surface area contributed by atoms with Crippen LogP contribution in [-0.2, 0) is 6.54 Å². The van der Waals surface area contributed by atoms with Gasteiger partial charge in [-0.15, -0.1) is 0 Å². The van der Waals surface area contributed by atoms with Gasteiger partial charge in [-0.05, 0) is 43.2 Å². The summed E-state index contributed by atoms with van der Waals surface area (Å²) in [5, 5.41) is 4.94. The van der Waals surface area contributed by atoms with Crippen LogP contribution in [0.3, 0.4) is 0 Å². The monoisotopic (exact) mass is 405 g/mol. The molecule has 0 aliphatic rings. The lowest BCUT2D eigenvalue weighted by Gasteiger charge is -2.08. The Kier molecular flexibility index (Phi) is 5.53. The van der Waals surface area contributed by atoms with E-state index in [-0.39, 0.29) is 5.56 Å². The fraction of sp³-hybridized carbons (Fsp3) is 0.222. The number of halogens is 2. The molecule has 6 heteroatoms. The van der Waals surface area contributed by atoms with Gasteiger partial charge in [0.25, 0.3) is 0 Å². The SMILES string of the molecule is O=c1ccccn1CCCCNc1ccc2cc(Br)cc(Cl)c2n1. The van der Waals surface area contributed by atoms with Crippen molar-refractivity contribution in [1.82, 2.24) is 9.55 Å². The largest absolute Gasteiger partial charge is 0.370 e. The van der Waals surface area contributed by atoms with Crippen LogP contribution in [0.25, 0.3) is 10.9 Å². The molecule has 0 atom stereocenters. The van der Waals surface area contributed by atoms with Crippen LogP contribution in [-0.4, -0.2) is 16.1 Å². The number of aromatic nitrogens is 2. The van der Waals surface area contributed by atoms with E-state index in [1.807, 2.05) is 36.5 Å². The smallest absolute Gasteiger partial charge is 0.250 e. The van der Waals surface area contributed by atoms with Crippen LogP contribution < -0.4 is 10.9 Å². The lowest BCUT2D eigenvalue weighted by atomic mass is 10.2. The topological polar surface area (TPSA) is 46.9 Å². The van der Waals surface area contributed by atoms with Gasteiger partial charge in [-0.1, -0.05) is 33.6 Å². The predicted molar refractivity (Wildman–Crippen MR) is 103 cm³/mol. The molecule has 0 saturated heterocycles. The molecular formula is C18H17BrClN3O. The number of hydrogen-bond acceptors (Lipinski definition) is 3. The van der Waals surface area contributed by atoms with Gasteiger partial charge in [-0.3, -0.25) is 4.79 Å². The molecule has 3 aromatic rings. The zero-order valence-electron chi connectivity index (χ0n) is 13.0. The Morgan fingerprint density at radius 2 is 2.04 bits per heavy atom. The van der Waals surface area contributed by atoms with E-state index < -0.39 is 0 Å². The minimum atomic E-state index is 0.0439. The highest BCUT2D eigenvalue weighted by Gasteiger charge is 2.04. The molecule has 4 nitrogen and oxygen atoms in total. The van der Waals surface area contributed by atoms with Gasteiger partial charge in [0.1, 0.15) is 5.82 Å². The average molecular weight is 407 g/mol. The number of nitrogens with one attached hydrogen (secondary N) is 1. The third-order valence-electron chi connectivity index (χ3n) is 3.74. The van der Waals surface area contributed by atoms with Gasteiger partial charge in [0.05, 0.1) is 10.5 Å². The van der Waals surface area contributed by atoms with E-state index in [9.17, 15) is 4.79 Å². The van der Waals surface area contributed by atoms with E-state index in [1.54, 1.807) is 16.7 Å². The molecule has 1 aromatic carbocycles. The second-order valence-corrected chi connectivity index (χ2v) is 6.84. The van der Waals surface area contributed by atoms with Crippen LogP contribution in [0.2, 0.25) is 5.02 Å². The summed E-state index contributed by atoms with van der Waals surface area (Å²) in [6.45, 7) is 1.53. The summed E-state index contributed by atoms with van der Waals surface area (Å²) in [5.41, 5.74) is 0.836. The van der Waals surface area contributed by atoms with Gasteiger partial charge in [0.2, 0.25) is 5.56 Å². The molecular weight excluding hydrogens is 390 g/mol. The molecule has 0 radical (unpaired) electrons. The van der Waals surface area contributed by atoms with Gasteiger partial charge >= 0.3 is 0 Å². The van der Waals surface area contributed by atoms with Crippen molar-refractivity contribution in [1.29, 1.82) is 0 Å². The first-order valence-corrected chi connectivity index (χ1v) is 8.96. The van der Waals surface area contributed by atoms with Gasteiger partial charge in [0.15, 0.2) is 0 Å². The number of anilines is 1. The highest BCUT2D eigenvalue weighted by molar-refractivity contribution is 9.10. The molecule has 3 rings (SSSR count). The zero-order chi connectivity index (χ0) is 16.9. The summed E-state index contributed by atoms with van der Waals surface area (Å²) in [6.07, 6.45) is 3.70. The molecule has 24 heavy (non-hydrogen) atoms. The average Bonchev–Trinajstić information content (AvgIpc) is 2.56. The number of nitrogens with zero attached hydrogens (tertiary/aromatic N) is 2. The molecule has 2 heterocycles. The van der Waals surface area contributed by atoms with Crippen LogP contribution in [0, 0.1) is 0 Å². The molecule has 0 aliphatic heterocycles. The van der Waals surface area contributed by atoms with Crippen molar-refractivity contribution in [2.24, 2.45) is 0 Å². The maximum Gasteiger partial charge on any atom is 0.250 e. The summed E-state index contributed by atoms with van der Waals surface area (Å²) >= 11 is 9.68. The molecule has 0 saturated carbocycles. The van der Waals surface area contributed by atoms with Crippen LogP contribution in [0.15, 0.2) is 57.9 Å². The van der Waals surface area contributed by atoms with Crippen LogP contribution in [0.4, 0.5) is 5.82 Å². The van der Waals surface area contributed by atoms with Gasteiger partial charge < -0.3 is 9.88 Å². The normalized spacial score (nSPS) is 10.9. The van der Waals surface area contributed by atoms with Crippen molar-refractivity contribution >= 4 is 44.3 Å². The molecule has 0 fully saturated rings. The van der Waals surface area contributed by atoms with E-state index in [4.69, 9.17) is 11.6 Å². The second kappa shape index (κ2) is 7.81. The number of pyridine rings is 2. The fourth-order valence-electron chi connectivity index (χ4n) is 2.52. The first kappa shape index (κ1) is 17.0. The predicted octanol–water partition coefficient (Wildman–Crippen LogP) is 4.70. The van der Waals surface area contributed by atoms with E-state index in [2.05, 4.69) is 26.2 Å². The third kappa shape index (κ3) is 4.16. The number of fused-ring (bicyclic) bond motifs is 1. The Balaban J connectivity index is 1.54. The maximum absolute atomic E-state index is 11.6. The van der Waals surface area contributed by atoms with Gasteiger partial charge in [0, 0.05) is 35.2 Å². The maximum atomic E-state index is 11.6. The molecule has 2 aromatic heterocycles. The first-order chi connectivity index (χ1) is 11.6. The summed E-state index contributed by atoms with van der Waals surface area (Å²) < 4.78 is 2.67. The highest BCUT2D eigenvalue weighted by Crippen LogP contribution is 2.27. The summed E-state index contributed by atoms with van der Waals surface area (Å²) in [6, 6.07) is 13.0. The summed E-state index contributed by atoms with van der Waals surface area (Å²) in [4.78, 5) is 16.2. The highest BCUT2D eigenvalue weighted by atomic mass is 79.9. The minimum Gasteiger partial charge on any atom is -0.370 e. The van der Waals surface area contributed by atoms with Crippen molar-refractivity contribution in [2.75, 3.05) is 11.9 Å². The van der Waals surface area contributed by atoms with Crippen molar-refractivity contribution in [2.45, 2.75) is 19.4 Å². The molecule has 124 valence electrons. The number of hydrogen-bond donors (Lipinski definition) is 1. The number of rotatable bonds is 6. The summed E-state index contributed by atoms with van der Waals surface area (Å²) in [5.74, 6) is 0.809. The van der Waals surface area contributed by atoms with Crippen molar-refractivity contribution in [3.63, 3.8) is 0 Å². The lowest BCUT2D eigenvalue weighted by Crippen LogP contribution is -2.18. The number of aryl methyl sites for hydroxylation is 1. The lowest BCUT2D eigenvalue weighted by molar-refractivity contribution is 0.604. The first-order valence-electron chi connectivity index (χ1n) is 7.78. The van der Waals surface area contributed by atoms with E-state index in [0.717, 1.165) is 47.1 Å². The Bertz CT molecular complexity index is 910. The Hall–Kier alpha value is -1.85.